The zero-order valence-electron chi connectivity index (χ0n) is 12.8. The molecule has 0 amide bonds. The van der Waals surface area contributed by atoms with E-state index in [0.717, 1.165) is 0 Å². The minimum atomic E-state index is 1.44. The highest BCUT2D eigenvalue weighted by molar-refractivity contribution is 7.03. The molecule has 0 unspecified atom stereocenters. The van der Waals surface area contributed by atoms with Crippen LogP contribution in [-0.4, -0.2) is 65.6 Å². The number of hydrogen-bond donors (Lipinski definition) is 4. The number of nitrogens with one attached hydrogen (secondary N) is 4. The van der Waals surface area contributed by atoms with Gasteiger partial charge in [-0.2, -0.15) is 41.0 Å². The van der Waals surface area contributed by atoms with E-state index < -0.39 is 0 Å². The minimum absolute atomic E-state index is 1.44. The summed E-state index contributed by atoms with van der Waals surface area (Å²) in [6, 6.07) is 1.91. The van der Waals surface area contributed by atoms with Crippen LogP contribution in [0.1, 0.15) is 0 Å². The first kappa shape index (κ1) is 19.2. The highest BCUT2D eigenvalue weighted by Gasteiger charge is 1.60. The van der Waals surface area contributed by atoms with Gasteiger partial charge < -0.3 is 0 Å². The Labute approximate surface area is 145 Å². The average molecular weight is 361 g/mol. The van der Waals surface area contributed by atoms with Crippen molar-refractivity contribution in [3.8, 4) is 0 Å². The number of nitrogens with zero attached hydrogens (tertiary/aromatic N) is 9. The summed E-state index contributed by atoms with van der Waals surface area (Å²) in [6.07, 6.45) is 14.0. The van der Waals surface area contributed by atoms with Crippen molar-refractivity contribution in [3.63, 3.8) is 0 Å². The topological polar surface area (TPSA) is 179 Å². The van der Waals surface area contributed by atoms with Crippen molar-refractivity contribution in [1.29, 1.82) is 0 Å². The first-order chi connectivity index (χ1) is 12.5. The SMILES string of the molecule is c1cn[nH]n1.c1cn[nH]n1.c1cnsc1.c1nc[nH]n1.c1nc[nH]n1. The molecule has 14 heteroatoms. The van der Waals surface area contributed by atoms with E-state index in [1.54, 1.807) is 31.0 Å². The Hall–Kier alpha value is -3.81. The van der Waals surface area contributed by atoms with Gasteiger partial charge in [-0.3, -0.25) is 10.2 Å². The summed E-state index contributed by atoms with van der Waals surface area (Å²) >= 11 is 1.46. The van der Waals surface area contributed by atoms with Crippen molar-refractivity contribution < 1.29 is 0 Å². The predicted octanol–water partition coefficient (Wildman–Crippen LogP) is 0.362. The molecule has 0 fully saturated rings. The maximum atomic E-state index is 3.76. The molecular weight excluding hydrogens is 346 g/mol. The Morgan fingerprint density at radius 3 is 1.24 bits per heavy atom. The van der Waals surface area contributed by atoms with Gasteiger partial charge in [0.25, 0.3) is 0 Å². The molecule has 13 nitrogen and oxygen atoms in total. The van der Waals surface area contributed by atoms with Gasteiger partial charge in [0.2, 0.25) is 0 Å². The summed E-state index contributed by atoms with van der Waals surface area (Å²) in [7, 11) is 0. The quantitative estimate of drug-likeness (QED) is 0.303. The lowest BCUT2D eigenvalue weighted by Crippen LogP contribution is -1.61. The van der Waals surface area contributed by atoms with Crippen molar-refractivity contribution in [2.45, 2.75) is 0 Å². The van der Waals surface area contributed by atoms with E-state index in [1.165, 1.54) is 36.8 Å². The smallest absolute Gasteiger partial charge is 0.137 e. The molecule has 25 heavy (non-hydrogen) atoms. The van der Waals surface area contributed by atoms with Crippen molar-refractivity contribution in [3.05, 3.63) is 67.7 Å². The molecular formula is C11H15N13S. The largest absolute Gasteiger partial charge is 0.266 e. The second kappa shape index (κ2) is 16.6. The van der Waals surface area contributed by atoms with Crippen molar-refractivity contribution in [1.82, 2.24) is 65.6 Å². The molecule has 0 saturated carbocycles. The molecule has 5 heterocycles. The van der Waals surface area contributed by atoms with Crippen LogP contribution in [0.15, 0.2) is 67.7 Å². The maximum Gasteiger partial charge on any atom is 0.137 e. The van der Waals surface area contributed by atoms with E-state index in [4.69, 9.17) is 0 Å². The Morgan fingerprint density at radius 2 is 1.12 bits per heavy atom. The molecule has 0 aliphatic carbocycles. The Morgan fingerprint density at radius 1 is 0.600 bits per heavy atom. The second-order valence-electron chi connectivity index (χ2n) is 3.30. The van der Waals surface area contributed by atoms with Crippen molar-refractivity contribution in [2.75, 3.05) is 0 Å². The van der Waals surface area contributed by atoms with Crippen LogP contribution in [0, 0.1) is 0 Å². The van der Waals surface area contributed by atoms with Crippen LogP contribution >= 0.6 is 11.5 Å². The molecule has 4 N–H and O–H groups in total. The molecule has 0 bridgehead atoms. The first-order valence-electron chi connectivity index (χ1n) is 6.51. The monoisotopic (exact) mass is 361 g/mol. The highest BCUT2D eigenvalue weighted by atomic mass is 32.1. The van der Waals surface area contributed by atoms with Gasteiger partial charge in [0.1, 0.15) is 25.3 Å². The normalized spacial score (nSPS) is 8.00. The van der Waals surface area contributed by atoms with E-state index in [2.05, 4.69) is 65.6 Å². The van der Waals surface area contributed by atoms with Crippen LogP contribution in [0.4, 0.5) is 0 Å². The van der Waals surface area contributed by atoms with Crippen LogP contribution in [0.3, 0.4) is 0 Å². The summed E-state index contributed by atoms with van der Waals surface area (Å²) in [6.45, 7) is 0. The van der Waals surface area contributed by atoms with E-state index >= 15 is 0 Å². The molecule has 0 saturated heterocycles. The zero-order valence-corrected chi connectivity index (χ0v) is 13.6. The number of hydrogen-bond acceptors (Lipinski definition) is 10. The molecule has 0 aromatic carbocycles. The number of aromatic amines is 4. The van der Waals surface area contributed by atoms with E-state index in [1.807, 2.05) is 11.4 Å². The fourth-order valence-electron chi connectivity index (χ4n) is 0.842. The van der Waals surface area contributed by atoms with E-state index in [-0.39, 0.29) is 0 Å². The Kier molecular flexibility index (Phi) is 12.7. The molecule has 5 rings (SSSR count). The maximum absolute atomic E-state index is 3.76. The summed E-state index contributed by atoms with van der Waals surface area (Å²) < 4.78 is 3.76. The number of rotatable bonds is 0. The van der Waals surface area contributed by atoms with Gasteiger partial charge >= 0.3 is 0 Å². The number of H-pyrrole nitrogens is 4. The van der Waals surface area contributed by atoms with Crippen LogP contribution in [-0.2, 0) is 0 Å². The van der Waals surface area contributed by atoms with Gasteiger partial charge in [-0.05, 0) is 17.6 Å². The summed E-state index contributed by atoms with van der Waals surface area (Å²) in [5.74, 6) is 0. The third kappa shape index (κ3) is 14.9. The van der Waals surface area contributed by atoms with Gasteiger partial charge in [0.15, 0.2) is 0 Å². The van der Waals surface area contributed by atoms with Crippen molar-refractivity contribution >= 4 is 11.5 Å². The first-order valence-corrected chi connectivity index (χ1v) is 7.35. The van der Waals surface area contributed by atoms with Gasteiger partial charge in [-0.1, -0.05) is 0 Å². The highest BCUT2D eigenvalue weighted by Crippen LogP contribution is 1.83. The molecule has 5 aromatic rings. The molecule has 0 spiro atoms. The third-order valence-electron chi connectivity index (χ3n) is 1.67. The summed E-state index contributed by atoms with van der Waals surface area (Å²) in [5.41, 5.74) is 0. The lowest BCUT2D eigenvalue weighted by molar-refractivity contribution is 0.940. The molecule has 130 valence electrons. The molecule has 0 radical (unpaired) electrons. The van der Waals surface area contributed by atoms with Crippen LogP contribution in [0.5, 0.6) is 0 Å². The van der Waals surface area contributed by atoms with Crippen molar-refractivity contribution in [2.24, 2.45) is 0 Å². The summed E-state index contributed by atoms with van der Waals surface area (Å²) in [5, 5.41) is 32.6. The van der Waals surface area contributed by atoms with Crippen LogP contribution in [0.25, 0.3) is 0 Å². The minimum Gasteiger partial charge on any atom is -0.266 e. The fourth-order valence-corrected chi connectivity index (χ4v) is 1.19. The van der Waals surface area contributed by atoms with Crippen LogP contribution < -0.4 is 0 Å². The predicted molar refractivity (Wildman–Crippen MR) is 87.6 cm³/mol. The molecule has 0 aliphatic heterocycles. The van der Waals surface area contributed by atoms with Gasteiger partial charge in [-0.25, -0.2) is 14.3 Å². The zero-order chi connectivity index (χ0) is 17.7. The second-order valence-corrected chi connectivity index (χ2v) is 4.00. The standard InChI is InChI=1S/C3H3NS.4C2H3N3/c1-2-4-5-3-1;2*1-3-2-5-4-1;2*1-2-4-5-3-1/h1-3H;4*1-2H,(H,3,4,5). The lowest BCUT2D eigenvalue weighted by Gasteiger charge is -1.48. The lowest BCUT2D eigenvalue weighted by atomic mass is 10.8. The van der Waals surface area contributed by atoms with Gasteiger partial charge in [-0.15, -0.1) is 0 Å². The van der Waals surface area contributed by atoms with Gasteiger partial charge in [0.05, 0.1) is 24.8 Å². The van der Waals surface area contributed by atoms with E-state index in [9.17, 15) is 0 Å². The fraction of sp³-hybridized carbons (Fsp3) is 0. The third-order valence-corrected chi connectivity index (χ3v) is 2.19. The van der Waals surface area contributed by atoms with Gasteiger partial charge in [0, 0.05) is 11.6 Å². The molecule has 0 atom stereocenters. The average Bonchev–Trinajstić information content (AvgIpc) is 3.55. The number of aromatic nitrogens is 13. The van der Waals surface area contributed by atoms with Crippen LogP contribution in [0.2, 0.25) is 0 Å². The Bertz CT molecular complexity index is 465. The van der Waals surface area contributed by atoms with E-state index in [0.29, 0.717) is 0 Å². The molecule has 5 aromatic heterocycles. The molecule has 0 aliphatic rings. The summed E-state index contributed by atoms with van der Waals surface area (Å²) in [4.78, 5) is 7.11. The Balaban J connectivity index is 0.000000156.